The van der Waals surface area contributed by atoms with Gasteiger partial charge in [-0.25, -0.2) is 0 Å². The van der Waals surface area contributed by atoms with Crippen LogP contribution in [0.25, 0.3) is 0 Å². The largest absolute Gasteiger partial charge is 0.436 e. The molecule has 0 aliphatic rings. The van der Waals surface area contributed by atoms with Crippen LogP contribution >= 0.6 is 0 Å². The van der Waals surface area contributed by atoms with Crippen LogP contribution < -0.4 is 4.74 Å². The van der Waals surface area contributed by atoms with Crippen molar-refractivity contribution in [3.8, 4) is 5.75 Å². The average molecular weight is 417 g/mol. The van der Waals surface area contributed by atoms with Crippen LogP contribution in [-0.2, 0) is 13.3 Å². The summed E-state index contributed by atoms with van der Waals surface area (Å²) in [5.74, 6) is 0.401. The van der Waals surface area contributed by atoms with Gasteiger partial charge in [0.2, 0.25) is 0 Å². The van der Waals surface area contributed by atoms with Crippen molar-refractivity contribution >= 4 is 22.8 Å². The fraction of sp³-hybridized carbons (Fsp3) is 0.409. The van der Waals surface area contributed by atoms with Crippen molar-refractivity contribution < 1.29 is 18.1 Å². The van der Waals surface area contributed by atoms with E-state index >= 15 is 0 Å². The van der Waals surface area contributed by atoms with Gasteiger partial charge < -0.3 is 13.3 Å². The first kappa shape index (κ1) is 22.6. The van der Waals surface area contributed by atoms with Crippen LogP contribution in [0.3, 0.4) is 0 Å². The van der Waals surface area contributed by atoms with Gasteiger partial charge in [0.1, 0.15) is 5.75 Å². The van der Waals surface area contributed by atoms with Gasteiger partial charge >= 0.3 is 14.5 Å². The highest BCUT2D eigenvalue weighted by Gasteiger charge is 2.36. The molecule has 2 rings (SSSR count). The normalized spacial score (nSPS) is 13.2. The number of carbonyl (C=O) groups excluding carboxylic acids is 1. The molecule has 0 amide bonds. The van der Waals surface area contributed by atoms with Gasteiger partial charge in [0.05, 0.1) is 6.10 Å². The van der Waals surface area contributed by atoms with E-state index in [9.17, 15) is 4.79 Å². The Morgan fingerprint density at radius 3 is 2.11 bits per heavy atom. The van der Waals surface area contributed by atoms with Crippen molar-refractivity contribution in [1.29, 1.82) is 0 Å². The summed E-state index contributed by atoms with van der Waals surface area (Å²) in [6, 6.07) is 20.3. The minimum absolute atomic E-state index is 0.00789. The van der Waals surface area contributed by atoms with Crippen LogP contribution in [0.15, 0.2) is 60.7 Å². The molecule has 2 aromatic rings. The van der Waals surface area contributed by atoms with Gasteiger partial charge in [-0.1, -0.05) is 48.5 Å². The van der Waals surface area contributed by atoms with Gasteiger partial charge in [0, 0.05) is 6.42 Å². The summed E-state index contributed by atoms with van der Waals surface area (Å²) in [4.78, 5) is 12.0. The molecule has 0 N–H and O–H groups in total. The quantitative estimate of drug-likeness (QED) is 0.268. The lowest BCUT2D eigenvalue weighted by atomic mass is 10.1. The van der Waals surface area contributed by atoms with Crippen molar-refractivity contribution in [3.63, 3.8) is 0 Å². The number of esters is 1. The van der Waals surface area contributed by atoms with Gasteiger partial charge in [-0.05, 0) is 63.3 Å². The standard InChI is InChI=1S/C22H32O4Si2/c1-19(20-13-8-6-9-14-20)25-28(4,5)26-27(2,3)18-12-17-22(23)24-21-15-10-7-11-16-21/h6-11,13-16,19H,12,17-18H2,1-5H3. The third-order valence-electron chi connectivity index (χ3n) is 4.39. The third-order valence-corrected chi connectivity index (χ3v) is 11.0. The molecule has 28 heavy (non-hydrogen) atoms. The van der Waals surface area contributed by atoms with Crippen molar-refractivity contribution in [3.05, 3.63) is 66.2 Å². The Balaban J connectivity index is 1.78. The van der Waals surface area contributed by atoms with Crippen molar-refractivity contribution in [1.82, 2.24) is 0 Å². The molecular weight excluding hydrogens is 384 g/mol. The van der Waals surface area contributed by atoms with Crippen LogP contribution in [-0.4, -0.2) is 22.8 Å². The molecule has 1 atom stereocenters. The Morgan fingerprint density at radius 2 is 1.50 bits per heavy atom. The Labute approximate surface area is 171 Å². The highest BCUT2D eigenvalue weighted by molar-refractivity contribution is 6.82. The lowest BCUT2D eigenvalue weighted by Crippen LogP contribution is -2.46. The molecule has 0 bridgehead atoms. The second-order valence-corrected chi connectivity index (χ2v) is 15.9. The van der Waals surface area contributed by atoms with E-state index in [0.29, 0.717) is 12.2 Å². The molecule has 0 aliphatic carbocycles. The van der Waals surface area contributed by atoms with E-state index in [-0.39, 0.29) is 12.1 Å². The van der Waals surface area contributed by atoms with Crippen molar-refractivity contribution in [2.45, 2.75) is 58.1 Å². The molecule has 0 saturated carbocycles. The Hall–Kier alpha value is -1.74. The van der Waals surface area contributed by atoms with Gasteiger partial charge in [-0.2, -0.15) is 0 Å². The maximum absolute atomic E-state index is 12.0. The van der Waals surface area contributed by atoms with E-state index in [4.69, 9.17) is 13.3 Å². The van der Waals surface area contributed by atoms with Crippen LogP contribution in [0.1, 0.15) is 31.4 Å². The highest BCUT2D eigenvalue weighted by atomic mass is 28.4. The molecule has 0 heterocycles. The molecule has 0 spiro atoms. The van der Waals surface area contributed by atoms with Gasteiger partial charge in [-0.15, -0.1) is 0 Å². The summed E-state index contributed by atoms with van der Waals surface area (Å²) in [5, 5.41) is 0. The SMILES string of the molecule is CC(O[Si](C)(C)O[Si](C)(C)CCCC(=O)Oc1ccccc1)c1ccccc1. The summed E-state index contributed by atoms with van der Waals surface area (Å²) in [7, 11) is -4.21. The molecule has 152 valence electrons. The van der Waals surface area contributed by atoms with Crippen LogP contribution in [0.5, 0.6) is 5.75 Å². The van der Waals surface area contributed by atoms with Gasteiger partial charge in [0.25, 0.3) is 0 Å². The predicted octanol–water partition coefficient (Wildman–Crippen LogP) is 6.07. The molecule has 0 fully saturated rings. The van der Waals surface area contributed by atoms with Crippen molar-refractivity contribution in [2.24, 2.45) is 0 Å². The summed E-state index contributed by atoms with van der Waals surface area (Å²) < 4.78 is 18.2. The third kappa shape index (κ3) is 8.10. The Kier molecular flexibility index (Phi) is 8.18. The lowest BCUT2D eigenvalue weighted by Gasteiger charge is -2.35. The van der Waals surface area contributed by atoms with Gasteiger partial charge in [0.15, 0.2) is 8.32 Å². The van der Waals surface area contributed by atoms with E-state index in [1.165, 1.54) is 0 Å². The number of benzene rings is 2. The number of hydrogen-bond donors (Lipinski definition) is 0. The average Bonchev–Trinajstić information content (AvgIpc) is 2.61. The zero-order valence-corrected chi connectivity index (χ0v) is 19.6. The van der Waals surface area contributed by atoms with Crippen molar-refractivity contribution in [2.75, 3.05) is 0 Å². The summed E-state index contributed by atoms with van der Waals surface area (Å²) >= 11 is 0. The molecule has 4 nitrogen and oxygen atoms in total. The Morgan fingerprint density at radius 1 is 0.929 bits per heavy atom. The second-order valence-electron chi connectivity index (χ2n) is 8.07. The molecule has 0 aliphatic heterocycles. The molecule has 2 aromatic carbocycles. The topological polar surface area (TPSA) is 44.8 Å². The first-order chi connectivity index (χ1) is 13.2. The molecule has 0 radical (unpaired) electrons. The van der Waals surface area contributed by atoms with E-state index in [1.807, 2.05) is 36.4 Å². The first-order valence-electron chi connectivity index (χ1n) is 9.85. The zero-order valence-electron chi connectivity index (χ0n) is 17.6. The van der Waals surface area contributed by atoms with E-state index in [1.54, 1.807) is 12.1 Å². The second kappa shape index (κ2) is 10.2. The maximum atomic E-state index is 12.0. The molecule has 6 heteroatoms. The first-order valence-corrected chi connectivity index (χ1v) is 15.8. The molecular formula is C22H32O4Si2. The van der Waals surface area contributed by atoms with Crippen LogP contribution in [0.4, 0.5) is 0 Å². The van der Waals surface area contributed by atoms with E-state index < -0.39 is 16.9 Å². The zero-order chi connectivity index (χ0) is 20.6. The molecule has 1 unspecified atom stereocenters. The predicted molar refractivity (Wildman–Crippen MR) is 118 cm³/mol. The summed E-state index contributed by atoms with van der Waals surface area (Å²) in [6.45, 7) is 10.7. The minimum atomic E-state index is -2.28. The van der Waals surface area contributed by atoms with E-state index in [2.05, 4.69) is 45.2 Å². The lowest BCUT2D eigenvalue weighted by molar-refractivity contribution is -0.134. The smallest absolute Gasteiger partial charge is 0.321 e. The summed E-state index contributed by atoms with van der Waals surface area (Å²) in [5.41, 5.74) is 1.16. The van der Waals surface area contributed by atoms with Gasteiger partial charge in [-0.3, -0.25) is 4.79 Å². The van der Waals surface area contributed by atoms with E-state index in [0.717, 1.165) is 18.0 Å². The number of rotatable bonds is 10. The minimum Gasteiger partial charge on any atom is -0.436 e. The number of ether oxygens (including phenoxy) is 1. The molecule has 0 saturated heterocycles. The number of para-hydroxylation sites is 1. The number of carbonyl (C=O) groups is 1. The maximum Gasteiger partial charge on any atom is 0.321 e. The van der Waals surface area contributed by atoms with Crippen LogP contribution in [0.2, 0.25) is 32.2 Å². The fourth-order valence-electron chi connectivity index (χ4n) is 3.29. The highest BCUT2D eigenvalue weighted by Crippen LogP contribution is 2.27. The monoisotopic (exact) mass is 416 g/mol. The van der Waals surface area contributed by atoms with Crippen LogP contribution in [0, 0.1) is 0 Å². The Bertz CT molecular complexity index is 733. The summed E-state index contributed by atoms with van der Waals surface area (Å²) in [6.07, 6.45) is 1.18. The fourth-order valence-corrected chi connectivity index (χ4v) is 11.2. The molecule has 0 aromatic heterocycles. The number of hydrogen-bond acceptors (Lipinski definition) is 4.